The van der Waals surface area contributed by atoms with E-state index in [0.717, 1.165) is 17.1 Å². The maximum Gasteiger partial charge on any atom is 0.261 e. The third-order valence-corrected chi connectivity index (χ3v) is 3.08. The topological polar surface area (TPSA) is 58.1 Å². The largest absolute Gasteiger partial charge is 0.387 e. The predicted octanol–water partition coefficient (Wildman–Crippen LogP) is 2.49. The number of amides is 1. The van der Waals surface area contributed by atoms with Crippen LogP contribution in [-0.2, 0) is 0 Å². The molecule has 2 heterocycles. The van der Waals surface area contributed by atoms with Gasteiger partial charge in [0.05, 0.1) is 11.3 Å². The second kappa shape index (κ2) is 6.14. The second-order valence-electron chi connectivity index (χ2n) is 4.38. The first-order valence-electron chi connectivity index (χ1n) is 6.53. The molecule has 0 saturated carbocycles. The smallest absolute Gasteiger partial charge is 0.261 e. The Labute approximate surface area is 118 Å². The number of nitrogens with one attached hydrogen (secondary N) is 1. The van der Waals surface area contributed by atoms with E-state index in [4.69, 9.17) is 0 Å². The van der Waals surface area contributed by atoms with Crippen molar-refractivity contribution in [1.29, 1.82) is 0 Å². The molecule has 5 heteroatoms. The fourth-order valence-electron chi connectivity index (χ4n) is 2.05. The van der Waals surface area contributed by atoms with Crippen LogP contribution in [0.25, 0.3) is 0 Å². The summed E-state index contributed by atoms with van der Waals surface area (Å²) in [6, 6.07) is 5.51. The molecule has 0 bridgehead atoms. The maximum absolute atomic E-state index is 12.7. The minimum Gasteiger partial charge on any atom is -0.387 e. The summed E-state index contributed by atoms with van der Waals surface area (Å²) >= 11 is 0. The molecule has 0 aliphatic heterocycles. The summed E-state index contributed by atoms with van der Waals surface area (Å²) < 4.78 is 0. The normalized spacial score (nSPS) is 10.2. The van der Waals surface area contributed by atoms with Gasteiger partial charge in [-0.1, -0.05) is 0 Å². The number of carbonyl (C=O) groups is 1. The van der Waals surface area contributed by atoms with Crippen molar-refractivity contribution in [2.75, 3.05) is 23.8 Å². The molecular formula is C15H18N4O. The Morgan fingerprint density at radius 3 is 2.65 bits per heavy atom. The van der Waals surface area contributed by atoms with Crippen molar-refractivity contribution in [3.63, 3.8) is 0 Å². The molecule has 0 fully saturated rings. The summed E-state index contributed by atoms with van der Waals surface area (Å²) in [7, 11) is 1.80. The van der Waals surface area contributed by atoms with Crippen LogP contribution in [0.2, 0.25) is 0 Å². The molecule has 0 atom stereocenters. The van der Waals surface area contributed by atoms with E-state index in [-0.39, 0.29) is 5.91 Å². The molecule has 20 heavy (non-hydrogen) atoms. The van der Waals surface area contributed by atoms with E-state index in [1.165, 1.54) is 0 Å². The summed E-state index contributed by atoms with van der Waals surface area (Å²) in [5.41, 5.74) is 3.06. The highest BCUT2D eigenvalue weighted by atomic mass is 16.2. The van der Waals surface area contributed by atoms with E-state index >= 15 is 0 Å². The Hall–Kier alpha value is -2.43. The van der Waals surface area contributed by atoms with Gasteiger partial charge in [-0.2, -0.15) is 0 Å². The minimum atomic E-state index is -0.0736. The van der Waals surface area contributed by atoms with Crippen LogP contribution in [0, 0.1) is 6.92 Å². The lowest BCUT2D eigenvalue weighted by molar-refractivity contribution is 0.0988. The van der Waals surface area contributed by atoms with Gasteiger partial charge in [0.25, 0.3) is 5.91 Å². The molecule has 0 radical (unpaired) electrons. The molecule has 0 aliphatic rings. The highest BCUT2D eigenvalue weighted by Crippen LogP contribution is 2.21. The number of anilines is 2. The van der Waals surface area contributed by atoms with Crippen molar-refractivity contribution >= 4 is 17.3 Å². The van der Waals surface area contributed by atoms with Crippen molar-refractivity contribution in [2.24, 2.45) is 0 Å². The van der Waals surface area contributed by atoms with Gasteiger partial charge in [-0.25, -0.2) is 0 Å². The molecule has 0 aromatic carbocycles. The van der Waals surface area contributed by atoms with Gasteiger partial charge in [-0.15, -0.1) is 0 Å². The number of aryl methyl sites for hydroxylation is 1. The first-order chi connectivity index (χ1) is 9.67. The van der Waals surface area contributed by atoms with Gasteiger partial charge in [0.1, 0.15) is 0 Å². The van der Waals surface area contributed by atoms with Gasteiger partial charge >= 0.3 is 0 Å². The zero-order chi connectivity index (χ0) is 14.5. The predicted molar refractivity (Wildman–Crippen MR) is 80.1 cm³/mol. The maximum atomic E-state index is 12.7. The van der Waals surface area contributed by atoms with Crippen LogP contribution < -0.4 is 10.2 Å². The Bertz CT molecular complexity index is 598. The average Bonchev–Trinajstić information content (AvgIpc) is 2.48. The van der Waals surface area contributed by atoms with Crippen LogP contribution in [-0.4, -0.2) is 29.5 Å². The lowest BCUT2D eigenvalue weighted by Crippen LogP contribution is -2.31. The summed E-state index contributed by atoms with van der Waals surface area (Å²) in [5, 5.41) is 3.05. The van der Waals surface area contributed by atoms with E-state index in [9.17, 15) is 4.79 Å². The lowest BCUT2D eigenvalue weighted by Gasteiger charge is -2.22. The SMILES string of the molecule is CCN(C(=O)c1cnc(C)cc1NC)c1ccncc1. The van der Waals surface area contributed by atoms with Crippen LogP contribution in [0.15, 0.2) is 36.8 Å². The molecule has 1 amide bonds. The van der Waals surface area contributed by atoms with E-state index in [1.54, 1.807) is 30.5 Å². The quantitative estimate of drug-likeness (QED) is 0.927. The Morgan fingerprint density at radius 1 is 1.35 bits per heavy atom. The highest BCUT2D eigenvalue weighted by Gasteiger charge is 2.19. The summed E-state index contributed by atoms with van der Waals surface area (Å²) in [5.74, 6) is -0.0736. The minimum absolute atomic E-state index is 0.0736. The van der Waals surface area contributed by atoms with Crippen LogP contribution in [0.4, 0.5) is 11.4 Å². The van der Waals surface area contributed by atoms with Crippen molar-refractivity contribution in [3.8, 4) is 0 Å². The fourth-order valence-corrected chi connectivity index (χ4v) is 2.05. The van der Waals surface area contributed by atoms with Crippen molar-refractivity contribution in [2.45, 2.75) is 13.8 Å². The molecular weight excluding hydrogens is 252 g/mol. The lowest BCUT2D eigenvalue weighted by atomic mass is 10.1. The number of hydrogen-bond donors (Lipinski definition) is 1. The van der Waals surface area contributed by atoms with E-state index in [2.05, 4.69) is 15.3 Å². The van der Waals surface area contributed by atoms with Crippen LogP contribution >= 0.6 is 0 Å². The van der Waals surface area contributed by atoms with Crippen LogP contribution in [0.5, 0.6) is 0 Å². The van der Waals surface area contributed by atoms with E-state index in [0.29, 0.717) is 12.1 Å². The number of carbonyl (C=O) groups excluding carboxylic acids is 1. The summed E-state index contributed by atoms with van der Waals surface area (Å²) in [4.78, 5) is 22.6. The number of hydrogen-bond acceptors (Lipinski definition) is 4. The van der Waals surface area contributed by atoms with E-state index in [1.807, 2.05) is 32.0 Å². The molecule has 2 rings (SSSR count). The Kier molecular flexibility index (Phi) is 4.30. The monoisotopic (exact) mass is 270 g/mol. The molecule has 1 N–H and O–H groups in total. The number of nitrogens with zero attached hydrogens (tertiary/aromatic N) is 3. The van der Waals surface area contributed by atoms with Crippen molar-refractivity contribution in [1.82, 2.24) is 9.97 Å². The second-order valence-corrected chi connectivity index (χ2v) is 4.38. The first-order valence-corrected chi connectivity index (χ1v) is 6.53. The van der Waals surface area contributed by atoms with Gasteiger partial charge in [-0.3, -0.25) is 14.8 Å². The van der Waals surface area contributed by atoms with Gasteiger partial charge in [0.15, 0.2) is 0 Å². The van der Waals surface area contributed by atoms with Crippen LogP contribution in [0.3, 0.4) is 0 Å². The molecule has 0 unspecified atom stereocenters. The zero-order valence-corrected chi connectivity index (χ0v) is 11.9. The van der Waals surface area contributed by atoms with Crippen molar-refractivity contribution < 1.29 is 4.79 Å². The fraction of sp³-hybridized carbons (Fsp3) is 0.267. The third-order valence-electron chi connectivity index (χ3n) is 3.08. The molecule has 2 aromatic heterocycles. The Morgan fingerprint density at radius 2 is 2.05 bits per heavy atom. The molecule has 0 spiro atoms. The molecule has 0 saturated heterocycles. The van der Waals surface area contributed by atoms with Gasteiger partial charge in [-0.05, 0) is 32.0 Å². The molecule has 104 valence electrons. The standard InChI is InChI=1S/C15H18N4O/c1-4-19(12-5-7-17-8-6-12)15(20)13-10-18-11(2)9-14(13)16-3/h5-10H,4H2,1-3H3,(H,16,18). The molecule has 0 aliphatic carbocycles. The summed E-state index contributed by atoms with van der Waals surface area (Å²) in [6.07, 6.45) is 4.97. The van der Waals surface area contributed by atoms with Crippen molar-refractivity contribution in [3.05, 3.63) is 48.0 Å². The first kappa shape index (κ1) is 14.0. The number of rotatable bonds is 4. The van der Waals surface area contributed by atoms with Gasteiger partial charge in [0.2, 0.25) is 0 Å². The van der Waals surface area contributed by atoms with Gasteiger partial charge in [0, 0.05) is 43.6 Å². The van der Waals surface area contributed by atoms with E-state index < -0.39 is 0 Å². The number of pyridine rings is 2. The van der Waals surface area contributed by atoms with Gasteiger partial charge < -0.3 is 10.2 Å². The Balaban J connectivity index is 2.39. The van der Waals surface area contributed by atoms with Crippen LogP contribution in [0.1, 0.15) is 23.0 Å². The zero-order valence-electron chi connectivity index (χ0n) is 11.9. The number of aromatic nitrogens is 2. The highest BCUT2D eigenvalue weighted by molar-refractivity contribution is 6.09. The molecule has 5 nitrogen and oxygen atoms in total. The third kappa shape index (κ3) is 2.77. The summed E-state index contributed by atoms with van der Waals surface area (Å²) in [6.45, 7) is 4.43. The molecule has 2 aromatic rings. The average molecular weight is 270 g/mol.